The zero-order valence-corrected chi connectivity index (χ0v) is 11.6. The Morgan fingerprint density at radius 2 is 2.25 bits per heavy atom. The summed E-state index contributed by atoms with van der Waals surface area (Å²) in [7, 11) is 3.15. The van der Waals surface area contributed by atoms with E-state index in [4.69, 9.17) is 9.26 Å². The van der Waals surface area contributed by atoms with Crippen LogP contribution >= 0.6 is 0 Å². The molecule has 0 aliphatic carbocycles. The molecule has 0 aliphatic heterocycles. The number of fused-ring (bicyclic) bond motifs is 1. The molecule has 6 heteroatoms. The number of nitrogens with zero attached hydrogens (tertiary/aromatic N) is 2. The largest absolute Gasteiger partial charge is 0.389 e. The van der Waals surface area contributed by atoms with Crippen molar-refractivity contribution in [2.24, 2.45) is 0 Å². The standard InChI is InChI=1S/C14H18N2O4/c1-16(8-10(17)9-19-2)14(18)7-12-11-5-3-4-6-13(11)20-15-12/h3-6,10,17H,7-9H2,1-2H3. The van der Waals surface area contributed by atoms with Crippen LogP contribution in [0.15, 0.2) is 28.8 Å². The van der Waals surface area contributed by atoms with E-state index < -0.39 is 6.10 Å². The van der Waals surface area contributed by atoms with Crippen LogP contribution in [-0.4, -0.2) is 54.5 Å². The highest BCUT2D eigenvalue weighted by Crippen LogP contribution is 2.18. The Bertz CT molecular complexity index is 581. The quantitative estimate of drug-likeness (QED) is 0.847. The lowest BCUT2D eigenvalue weighted by Crippen LogP contribution is -2.37. The van der Waals surface area contributed by atoms with Gasteiger partial charge in [0.15, 0.2) is 5.58 Å². The molecule has 0 radical (unpaired) electrons. The highest BCUT2D eigenvalue weighted by Gasteiger charge is 2.17. The van der Waals surface area contributed by atoms with E-state index in [0.717, 1.165) is 5.39 Å². The molecule has 0 saturated carbocycles. The van der Waals surface area contributed by atoms with Crippen molar-refractivity contribution in [1.82, 2.24) is 10.1 Å². The van der Waals surface area contributed by atoms with Crippen molar-refractivity contribution in [1.29, 1.82) is 0 Å². The summed E-state index contributed by atoms with van der Waals surface area (Å²) in [5.74, 6) is -0.126. The number of aliphatic hydroxyl groups is 1. The molecular weight excluding hydrogens is 260 g/mol. The second-order valence-electron chi connectivity index (χ2n) is 4.69. The van der Waals surface area contributed by atoms with Crippen LogP contribution in [0.25, 0.3) is 11.0 Å². The Balaban J connectivity index is 2.00. The normalized spacial score (nSPS) is 12.6. The third-order valence-electron chi connectivity index (χ3n) is 3.04. The summed E-state index contributed by atoms with van der Waals surface area (Å²) in [5.41, 5.74) is 1.27. The first-order valence-electron chi connectivity index (χ1n) is 6.36. The second kappa shape index (κ2) is 6.49. The van der Waals surface area contributed by atoms with Crippen LogP contribution in [0.3, 0.4) is 0 Å². The topological polar surface area (TPSA) is 75.8 Å². The molecule has 0 spiro atoms. The first-order chi connectivity index (χ1) is 9.61. The third-order valence-corrected chi connectivity index (χ3v) is 3.04. The van der Waals surface area contributed by atoms with Crippen molar-refractivity contribution in [3.8, 4) is 0 Å². The van der Waals surface area contributed by atoms with E-state index in [9.17, 15) is 9.90 Å². The SMILES string of the molecule is COCC(O)CN(C)C(=O)Cc1noc2ccccc12. The number of carbonyl (C=O) groups is 1. The van der Waals surface area contributed by atoms with Crippen molar-refractivity contribution in [2.75, 3.05) is 27.3 Å². The number of aliphatic hydroxyl groups excluding tert-OH is 1. The summed E-state index contributed by atoms with van der Waals surface area (Å²) in [6.45, 7) is 0.424. The number of likely N-dealkylation sites (N-methyl/N-ethyl adjacent to an activating group) is 1. The van der Waals surface area contributed by atoms with Crippen LogP contribution < -0.4 is 0 Å². The van der Waals surface area contributed by atoms with Crippen molar-refractivity contribution in [3.63, 3.8) is 0 Å². The molecule has 1 aromatic heterocycles. The molecule has 0 aliphatic rings. The first-order valence-corrected chi connectivity index (χ1v) is 6.36. The summed E-state index contributed by atoms with van der Waals surface area (Å²) < 4.78 is 9.99. The molecule has 0 fully saturated rings. The number of carbonyl (C=O) groups excluding carboxylic acids is 1. The van der Waals surface area contributed by atoms with Gasteiger partial charge in [-0.25, -0.2) is 0 Å². The maximum atomic E-state index is 12.1. The molecular formula is C14H18N2O4. The van der Waals surface area contributed by atoms with Crippen LogP contribution in [0.4, 0.5) is 0 Å². The monoisotopic (exact) mass is 278 g/mol. The highest BCUT2D eigenvalue weighted by molar-refractivity contribution is 5.86. The molecule has 20 heavy (non-hydrogen) atoms. The summed E-state index contributed by atoms with van der Waals surface area (Å²) in [4.78, 5) is 13.6. The summed E-state index contributed by atoms with van der Waals surface area (Å²) in [5, 5.41) is 14.4. The number of hydrogen-bond donors (Lipinski definition) is 1. The zero-order chi connectivity index (χ0) is 14.5. The molecule has 1 heterocycles. The molecule has 1 unspecified atom stereocenters. The summed E-state index contributed by atoms with van der Waals surface area (Å²) >= 11 is 0. The molecule has 2 rings (SSSR count). The van der Waals surface area contributed by atoms with E-state index in [1.54, 1.807) is 7.05 Å². The number of ether oxygens (including phenoxy) is 1. The lowest BCUT2D eigenvalue weighted by molar-refractivity contribution is -0.130. The van der Waals surface area contributed by atoms with Gasteiger partial charge in [-0.05, 0) is 12.1 Å². The predicted molar refractivity (Wildman–Crippen MR) is 73.2 cm³/mol. The molecule has 108 valence electrons. The smallest absolute Gasteiger partial charge is 0.228 e. The predicted octanol–water partition coefficient (Wildman–Crippen LogP) is 0.836. The van der Waals surface area contributed by atoms with Crippen LogP contribution in [0, 0.1) is 0 Å². The van der Waals surface area contributed by atoms with Gasteiger partial charge in [0.25, 0.3) is 0 Å². The number of benzene rings is 1. The number of amides is 1. The van der Waals surface area contributed by atoms with Gasteiger partial charge in [-0.3, -0.25) is 4.79 Å². The average molecular weight is 278 g/mol. The first kappa shape index (κ1) is 14.5. The average Bonchev–Trinajstić information content (AvgIpc) is 2.82. The van der Waals surface area contributed by atoms with E-state index >= 15 is 0 Å². The van der Waals surface area contributed by atoms with Crippen LogP contribution in [-0.2, 0) is 16.0 Å². The Morgan fingerprint density at radius 3 is 3.00 bits per heavy atom. The fraction of sp³-hybridized carbons (Fsp3) is 0.429. The molecule has 1 amide bonds. The Labute approximate surface area is 116 Å². The van der Waals surface area contributed by atoms with Gasteiger partial charge < -0.3 is 19.3 Å². The maximum absolute atomic E-state index is 12.1. The van der Waals surface area contributed by atoms with Crippen molar-refractivity contribution in [2.45, 2.75) is 12.5 Å². The number of rotatable bonds is 6. The van der Waals surface area contributed by atoms with E-state index in [1.165, 1.54) is 12.0 Å². The Morgan fingerprint density at radius 1 is 1.50 bits per heavy atom. The van der Waals surface area contributed by atoms with E-state index in [2.05, 4.69) is 5.16 Å². The number of aromatic nitrogens is 1. The number of para-hydroxylation sites is 1. The van der Waals surface area contributed by atoms with Gasteiger partial charge in [0, 0.05) is 26.1 Å². The van der Waals surface area contributed by atoms with E-state index in [-0.39, 0.29) is 25.5 Å². The third kappa shape index (κ3) is 3.34. The van der Waals surface area contributed by atoms with Crippen LogP contribution in [0.2, 0.25) is 0 Å². The molecule has 1 N–H and O–H groups in total. The van der Waals surface area contributed by atoms with Crippen LogP contribution in [0.5, 0.6) is 0 Å². The summed E-state index contributed by atoms with van der Waals surface area (Å²) in [6, 6.07) is 7.41. The number of methoxy groups -OCH3 is 1. The Hall–Kier alpha value is -1.92. The molecule has 2 aromatic rings. The van der Waals surface area contributed by atoms with Gasteiger partial charge in [-0.1, -0.05) is 17.3 Å². The van der Waals surface area contributed by atoms with Gasteiger partial charge in [-0.2, -0.15) is 0 Å². The lowest BCUT2D eigenvalue weighted by Gasteiger charge is -2.20. The fourth-order valence-electron chi connectivity index (χ4n) is 2.01. The lowest BCUT2D eigenvalue weighted by atomic mass is 10.1. The van der Waals surface area contributed by atoms with Crippen molar-refractivity contribution >= 4 is 16.9 Å². The minimum absolute atomic E-state index is 0.126. The molecule has 0 bridgehead atoms. The fourth-order valence-corrected chi connectivity index (χ4v) is 2.01. The van der Waals surface area contributed by atoms with Gasteiger partial charge in [0.2, 0.25) is 5.91 Å². The molecule has 6 nitrogen and oxygen atoms in total. The van der Waals surface area contributed by atoms with E-state index in [0.29, 0.717) is 11.3 Å². The van der Waals surface area contributed by atoms with Crippen LogP contribution in [0.1, 0.15) is 5.69 Å². The summed E-state index contributed by atoms with van der Waals surface area (Å²) in [6.07, 6.45) is -0.546. The Kier molecular flexibility index (Phi) is 4.70. The van der Waals surface area contributed by atoms with E-state index in [1.807, 2.05) is 24.3 Å². The molecule has 1 aromatic carbocycles. The van der Waals surface area contributed by atoms with Gasteiger partial charge in [0.1, 0.15) is 5.69 Å². The minimum Gasteiger partial charge on any atom is -0.389 e. The van der Waals surface area contributed by atoms with Crippen molar-refractivity contribution < 1.29 is 19.2 Å². The maximum Gasteiger partial charge on any atom is 0.228 e. The number of hydrogen-bond acceptors (Lipinski definition) is 5. The molecule has 0 saturated heterocycles. The molecule has 1 atom stereocenters. The van der Waals surface area contributed by atoms with Gasteiger partial charge in [0.05, 0.1) is 19.1 Å². The minimum atomic E-state index is -0.692. The zero-order valence-electron chi connectivity index (χ0n) is 11.6. The van der Waals surface area contributed by atoms with Crippen molar-refractivity contribution in [3.05, 3.63) is 30.0 Å². The highest BCUT2D eigenvalue weighted by atomic mass is 16.5. The second-order valence-corrected chi connectivity index (χ2v) is 4.69. The van der Waals surface area contributed by atoms with Gasteiger partial charge >= 0.3 is 0 Å². The van der Waals surface area contributed by atoms with Gasteiger partial charge in [-0.15, -0.1) is 0 Å².